The summed E-state index contributed by atoms with van der Waals surface area (Å²) in [5.41, 5.74) is 3.71. The number of likely N-dealkylation sites (N-methyl/N-ethyl adjacent to an activating group) is 1. The van der Waals surface area contributed by atoms with Crippen molar-refractivity contribution in [3.8, 4) is 11.3 Å². The van der Waals surface area contributed by atoms with Crippen LogP contribution < -0.4 is 9.62 Å². The molecule has 3 aromatic heterocycles. The highest BCUT2D eigenvalue weighted by atomic mass is 32.2. The summed E-state index contributed by atoms with van der Waals surface area (Å²) in [6, 6.07) is 10.9. The van der Waals surface area contributed by atoms with E-state index < -0.39 is 10.0 Å². The highest BCUT2D eigenvalue weighted by Gasteiger charge is 2.22. The molecule has 1 aliphatic rings. The summed E-state index contributed by atoms with van der Waals surface area (Å²) in [6.45, 7) is 5.62. The first-order valence-electron chi connectivity index (χ1n) is 12.9. The molecule has 4 heterocycles. The molecule has 39 heavy (non-hydrogen) atoms. The van der Waals surface area contributed by atoms with Crippen LogP contribution in [0, 0.1) is 0 Å². The van der Waals surface area contributed by atoms with E-state index in [1.54, 1.807) is 29.3 Å². The molecule has 0 atom stereocenters. The van der Waals surface area contributed by atoms with Gasteiger partial charge in [-0.1, -0.05) is 12.1 Å². The summed E-state index contributed by atoms with van der Waals surface area (Å²) in [5.74, 6) is -0.0774. The lowest BCUT2D eigenvalue weighted by molar-refractivity contribution is -0.118. The smallest absolute Gasteiger partial charge is 0.233 e. The zero-order valence-corrected chi connectivity index (χ0v) is 23.8. The zero-order chi connectivity index (χ0) is 27.4. The fraction of sp³-hybridized carbons (Fsp3) is 0.370. The first-order chi connectivity index (χ1) is 18.7. The third-order valence-electron chi connectivity index (χ3n) is 6.79. The Hall–Kier alpha value is -3.32. The Kier molecular flexibility index (Phi) is 8.26. The first-order valence-corrected chi connectivity index (χ1v) is 15.7. The van der Waals surface area contributed by atoms with Gasteiger partial charge in [0.15, 0.2) is 5.13 Å². The van der Waals surface area contributed by atoms with Gasteiger partial charge in [0.25, 0.3) is 0 Å². The number of carbonyl (C=O) groups excluding carboxylic acids is 1. The molecule has 10 nitrogen and oxygen atoms in total. The maximum Gasteiger partial charge on any atom is 0.233 e. The average molecular weight is 568 g/mol. The van der Waals surface area contributed by atoms with Crippen molar-refractivity contribution in [3.63, 3.8) is 0 Å². The summed E-state index contributed by atoms with van der Waals surface area (Å²) >= 11 is 1.45. The summed E-state index contributed by atoms with van der Waals surface area (Å²) in [5, 5.41) is 3.61. The Balaban J connectivity index is 1.35. The minimum atomic E-state index is -3.41. The van der Waals surface area contributed by atoms with Gasteiger partial charge in [-0.2, -0.15) is 0 Å². The number of piperazine rings is 1. The number of anilines is 2. The van der Waals surface area contributed by atoms with Gasteiger partial charge in [-0.15, -0.1) is 11.3 Å². The van der Waals surface area contributed by atoms with E-state index in [-0.39, 0.29) is 12.3 Å². The number of amides is 1. The normalized spacial score (nSPS) is 15.0. The molecule has 0 unspecified atom stereocenters. The number of pyridine rings is 1. The van der Waals surface area contributed by atoms with E-state index in [9.17, 15) is 13.2 Å². The molecular weight excluding hydrogens is 534 g/mol. The molecule has 12 heteroatoms. The number of hydrogen-bond acceptors (Lipinski definition) is 8. The summed E-state index contributed by atoms with van der Waals surface area (Å²) in [6.07, 6.45) is 5.72. The Morgan fingerprint density at radius 3 is 2.79 bits per heavy atom. The minimum absolute atomic E-state index is 0.0774. The number of rotatable bonds is 10. The van der Waals surface area contributed by atoms with Gasteiger partial charge < -0.3 is 14.8 Å². The first kappa shape index (κ1) is 27.3. The summed E-state index contributed by atoms with van der Waals surface area (Å²) in [4.78, 5) is 32.6. The SMILES string of the molecule is CN1CCN(CCCN(C(=O)Cc2cccc(NS(C)(=O)=O)c2)c2nc(-c3c[nH]c4ncccc34)cs2)CC1. The number of benzene rings is 1. The van der Waals surface area contributed by atoms with Gasteiger partial charge in [0.05, 0.1) is 18.4 Å². The van der Waals surface area contributed by atoms with E-state index in [2.05, 4.69) is 31.5 Å². The molecule has 1 saturated heterocycles. The second-order valence-corrected chi connectivity index (χ2v) is 12.5. The number of aromatic amines is 1. The van der Waals surface area contributed by atoms with E-state index in [0.29, 0.717) is 17.4 Å². The Labute approximate surface area is 232 Å². The Bertz CT molecular complexity index is 1540. The van der Waals surface area contributed by atoms with Gasteiger partial charge >= 0.3 is 0 Å². The van der Waals surface area contributed by atoms with Gasteiger partial charge in [-0.25, -0.2) is 18.4 Å². The Morgan fingerprint density at radius 2 is 2.00 bits per heavy atom. The van der Waals surface area contributed by atoms with Gasteiger partial charge in [0, 0.05) is 67.1 Å². The zero-order valence-electron chi connectivity index (χ0n) is 22.1. The van der Waals surface area contributed by atoms with Crippen LogP contribution in [-0.4, -0.2) is 91.6 Å². The lowest BCUT2D eigenvalue weighted by Crippen LogP contribution is -2.45. The molecule has 1 aliphatic heterocycles. The number of H-pyrrole nitrogens is 1. The second-order valence-electron chi connectivity index (χ2n) is 9.91. The van der Waals surface area contributed by atoms with E-state index >= 15 is 0 Å². The number of sulfonamides is 1. The molecule has 0 bridgehead atoms. The van der Waals surface area contributed by atoms with E-state index in [1.807, 2.05) is 29.8 Å². The number of fused-ring (bicyclic) bond motifs is 1. The summed E-state index contributed by atoms with van der Waals surface area (Å²) in [7, 11) is -1.27. The van der Waals surface area contributed by atoms with Crippen molar-refractivity contribution in [1.29, 1.82) is 0 Å². The fourth-order valence-electron chi connectivity index (χ4n) is 4.76. The lowest BCUT2D eigenvalue weighted by atomic mass is 10.1. The fourth-order valence-corrected chi connectivity index (χ4v) is 6.18. The molecule has 1 fully saturated rings. The molecule has 4 aromatic rings. The molecule has 1 amide bonds. The topological polar surface area (TPSA) is 115 Å². The van der Waals surface area contributed by atoms with Crippen molar-refractivity contribution >= 4 is 49.1 Å². The highest BCUT2D eigenvalue weighted by Crippen LogP contribution is 2.32. The second kappa shape index (κ2) is 11.8. The van der Waals surface area contributed by atoms with Crippen molar-refractivity contribution in [2.24, 2.45) is 0 Å². The molecule has 0 aliphatic carbocycles. The van der Waals surface area contributed by atoms with Crippen molar-refractivity contribution in [3.05, 3.63) is 59.7 Å². The van der Waals surface area contributed by atoms with Crippen LogP contribution in [0.15, 0.2) is 54.2 Å². The number of nitrogens with zero attached hydrogens (tertiary/aromatic N) is 5. The van der Waals surface area contributed by atoms with Crippen LogP contribution in [0.1, 0.15) is 12.0 Å². The summed E-state index contributed by atoms with van der Waals surface area (Å²) < 4.78 is 25.8. The van der Waals surface area contributed by atoms with Crippen LogP contribution in [-0.2, 0) is 21.2 Å². The van der Waals surface area contributed by atoms with Crippen molar-refractivity contribution < 1.29 is 13.2 Å². The van der Waals surface area contributed by atoms with Gasteiger partial charge in [0.1, 0.15) is 5.65 Å². The maximum atomic E-state index is 13.7. The quantitative estimate of drug-likeness (QED) is 0.302. The minimum Gasteiger partial charge on any atom is -0.345 e. The maximum absolute atomic E-state index is 13.7. The molecule has 0 radical (unpaired) electrons. The van der Waals surface area contributed by atoms with Crippen LogP contribution >= 0.6 is 11.3 Å². The third kappa shape index (κ3) is 7.01. The van der Waals surface area contributed by atoms with Gasteiger partial charge in [-0.05, 0) is 49.8 Å². The predicted molar refractivity (Wildman–Crippen MR) is 157 cm³/mol. The van der Waals surface area contributed by atoms with E-state index in [4.69, 9.17) is 4.98 Å². The standard InChI is InChI=1S/C27H33N7O3S2/c1-32-12-14-33(15-13-32)10-5-11-34(25(35)17-20-6-3-7-21(16-20)31-39(2,36)37)27-30-24(19-38-27)23-18-29-26-22(23)8-4-9-28-26/h3-4,6-9,16,18-19,31H,5,10-15,17H2,1-2H3,(H,28,29). The van der Waals surface area contributed by atoms with Crippen LogP contribution in [0.25, 0.3) is 22.3 Å². The molecule has 206 valence electrons. The Morgan fingerprint density at radius 1 is 1.18 bits per heavy atom. The van der Waals surface area contributed by atoms with Crippen molar-refractivity contribution in [1.82, 2.24) is 24.8 Å². The molecule has 1 aromatic carbocycles. The lowest BCUT2D eigenvalue weighted by Gasteiger charge is -2.32. The number of nitrogens with one attached hydrogen (secondary N) is 2. The predicted octanol–water partition coefficient (Wildman–Crippen LogP) is 3.27. The monoisotopic (exact) mass is 567 g/mol. The van der Waals surface area contributed by atoms with Crippen LogP contribution in [0.4, 0.5) is 10.8 Å². The van der Waals surface area contributed by atoms with Gasteiger partial charge in [-0.3, -0.25) is 14.4 Å². The van der Waals surface area contributed by atoms with Crippen molar-refractivity contribution in [2.45, 2.75) is 12.8 Å². The highest BCUT2D eigenvalue weighted by molar-refractivity contribution is 7.92. The number of aromatic nitrogens is 3. The molecular formula is C27H33N7O3S2. The largest absolute Gasteiger partial charge is 0.345 e. The van der Waals surface area contributed by atoms with E-state index in [1.165, 1.54) is 11.3 Å². The number of hydrogen-bond donors (Lipinski definition) is 2. The molecule has 0 saturated carbocycles. The molecule has 2 N–H and O–H groups in total. The van der Waals surface area contributed by atoms with Crippen LogP contribution in [0.5, 0.6) is 0 Å². The van der Waals surface area contributed by atoms with Crippen LogP contribution in [0.3, 0.4) is 0 Å². The number of thiazole rings is 1. The van der Waals surface area contributed by atoms with Gasteiger partial charge in [0.2, 0.25) is 15.9 Å². The number of carbonyl (C=O) groups is 1. The molecule has 5 rings (SSSR count). The van der Waals surface area contributed by atoms with Crippen LogP contribution in [0.2, 0.25) is 0 Å². The molecule has 0 spiro atoms. The van der Waals surface area contributed by atoms with Crippen molar-refractivity contribution in [2.75, 3.05) is 62.2 Å². The third-order valence-corrected chi connectivity index (χ3v) is 8.26. The van der Waals surface area contributed by atoms with E-state index in [0.717, 1.165) is 73.3 Å². The average Bonchev–Trinajstić information content (AvgIpc) is 3.54.